The molecule has 4 aliphatic heterocycles. The molecule has 4 aliphatic rings. The van der Waals surface area contributed by atoms with Gasteiger partial charge < -0.3 is 30.3 Å². The summed E-state index contributed by atoms with van der Waals surface area (Å²) in [6.45, 7) is 5.36. The van der Waals surface area contributed by atoms with E-state index in [2.05, 4.69) is 20.5 Å². The molecule has 6 heterocycles. The monoisotopic (exact) mass is 484 g/mol. The van der Waals surface area contributed by atoms with Gasteiger partial charge in [-0.2, -0.15) is 0 Å². The topological polar surface area (TPSA) is 94.9 Å². The third-order valence-corrected chi connectivity index (χ3v) is 7.55. The molecule has 10 heteroatoms. The van der Waals surface area contributed by atoms with Gasteiger partial charge in [-0.25, -0.2) is 4.98 Å². The zero-order chi connectivity index (χ0) is 23.2. The minimum Gasteiger partial charge on any atom is -0.488 e. The van der Waals surface area contributed by atoms with Gasteiger partial charge in [0, 0.05) is 43.4 Å². The highest BCUT2D eigenvalue weighted by Gasteiger charge is 2.36. The third kappa shape index (κ3) is 3.96. The highest BCUT2D eigenvalue weighted by molar-refractivity contribution is 6.31. The number of aliphatic hydroxyl groups is 1. The van der Waals surface area contributed by atoms with Crippen molar-refractivity contribution in [2.75, 3.05) is 49.5 Å². The average molecular weight is 485 g/mol. The second-order valence-electron chi connectivity index (χ2n) is 9.39. The molecule has 0 aromatic carbocycles. The summed E-state index contributed by atoms with van der Waals surface area (Å²) in [7, 11) is 0. The van der Waals surface area contributed by atoms with Gasteiger partial charge in [-0.3, -0.25) is 9.36 Å². The van der Waals surface area contributed by atoms with E-state index >= 15 is 0 Å². The first kappa shape index (κ1) is 21.9. The molecule has 3 N–H and O–H groups in total. The molecule has 0 saturated carbocycles. The largest absolute Gasteiger partial charge is 0.488 e. The fourth-order valence-corrected chi connectivity index (χ4v) is 5.68. The van der Waals surface area contributed by atoms with Crippen LogP contribution in [0.5, 0.6) is 5.75 Å². The van der Waals surface area contributed by atoms with E-state index in [1.54, 1.807) is 12.1 Å². The smallest absolute Gasteiger partial charge is 0.252 e. The van der Waals surface area contributed by atoms with Crippen LogP contribution in [0.25, 0.3) is 6.08 Å². The van der Waals surface area contributed by atoms with Crippen molar-refractivity contribution in [2.45, 2.75) is 37.7 Å². The number of halogens is 1. The SMILES string of the molecule is O=c1ccc2c3n1[C@H](CN1CCC(NCc4nc5c(cc4Cl)OCCN5)CC1)CN3C(O)C=C2. The number of nitrogens with zero attached hydrogens (tertiary/aromatic N) is 4. The summed E-state index contributed by atoms with van der Waals surface area (Å²) in [5, 5.41) is 17.9. The van der Waals surface area contributed by atoms with Crippen LogP contribution < -0.4 is 25.8 Å². The zero-order valence-electron chi connectivity index (χ0n) is 18.9. The number of piperidine rings is 1. The van der Waals surface area contributed by atoms with Crippen LogP contribution in [0.15, 0.2) is 29.1 Å². The Morgan fingerprint density at radius 1 is 1.29 bits per heavy atom. The third-order valence-electron chi connectivity index (χ3n) is 7.22. The molecule has 2 atom stereocenters. The number of hydrogen-bond donors (Lipinski definition) is 3. The molecule has 1 unspecified atom stereocenters. The molecule has 1 saturated heterocycles. The van der Waals surface area contributed by atoms with Gasteiger partial charge in [0.2, 0.25) is 0 Å². The molecule has 0 spiro atoms. The Bertz CT molecular complexity index is 1180. The van der Waals surface area contributed by atoms with E-state index in [0.717, 1.165) is 61.9 Å². The fourth-order valence-electron chi connectivity index (χ4n) is 5.47. The number of fused-ring (bicyclic) bond motifs is 1. The minimum atomic E-state index is -0.675. The van der Waals surface area contributed by atoms with Crippen molar-refractivity contribution in [3.63, 3.8) is 0 Å². The van der Waals surface area contributed by atoms with E-state index in [4.69, 9.17) is 16.3 Å². The number of aliphatic hydroxyl groups excluding tert-OH is 1. The van der Waals surface area contributed by atoms with Crippen molar-refractivity contribution in [1.29, 1.82) is 0 Å². The van der Waals surface area contributed by atoms with Crippen LogP contribution in [0.3, 0.4) is 0 Å². The number of rotatable bonds is 5. The van der Waals surface area contributed by atoms with Gasteiger partial charge in [-0.05, 0) is 38.1 Å². The van der Waals surface area contributed by atoms with E-state index < -0.39 is 6.23 Å². The van der Waals surface area contributed by atoms with Crippen LogP contribution in [0, 0.1) is 0 Å². The molecule has 9 nitrogen and oxygen atoms in total. The normalized spacial score (nSPS) is 23.9. The Labute approximate surface area is 203 Å². The van der Waals surface area contributed by atoms with E-state index in [1.165, 1.54) is 0 Å². The Morgan fingerprint density at radius 2 is 2.15 bits per heavy atom. The second kappa shape index (κ2) is 8.88. The number of anilines is 2. The number of hydrogen-bond acceptors (Lipinski definition) is 8. The summed E-state index contributed by atoms with van der Waals surface area (Å²) < 4.78 is 7.47. The lowest BCUT2D eigenvalue weighted by Gasteiger charge is -2.34. The van der Waals surface area contributed by atoms with E-state index in [9.17, 15) is 9.90 Å². The highest BCUT2D eigenvalue weighted by atomic mass is 35.5. The zero-order valence-corrected chi connectivity index (χ0v) is 19.7. The Balaban J connectivity index is 1.06. The molecule has 0 bridgehead atoms. The number of aromatic nitrogens is 2. The fraction of sp³-hybridized carbons (Fsp3) is 0.500. The van der Waals surface area contributed by atoms with Gasteiger partial charge in [-0.15, -0.1) is 0 Å². The standard InChI is InChI=1S/C24H29ClN6O3/c25-18-11-20-23(26-7-10-34-20)28-19(18)12-27-16-5-8-29(9-6-16)13-17-14-30-21(32)3-1-15-2-4-22(33)31(17)24(15)30/h1-4,11,16-17,21,27,32H,5-10,12-14H2,(H,26,28)/t17-,21?/m1/s1. The molecule has 2 aromatic heterocycles. The number of ether oxygens (including phenoxy) is 1. The van der Waals surface area contributed by atoms with Crippen LogP contribution in [0.1, 0.15) is 30.1 Å². The maximum Gasteiger partial charge on any atom is 0.252 e. The summed E-state index contributed by atoms with van der Waals surface area (Å²) in [5.74, 6) is 2.32. The van der Waals surface area contributed by atoms with E-state index in [-0.39, 0.29) is 11.6 Å². The Kier molecular flexibility index (Phi) is 5.73. The van der Waals surface area contributed by atoms with Crippen LogP contribution in [0.2, 0.25) is 5.02 Å². The summed E-state index contributed by atoms with van der Waals surface area (Å²) in [6.07, 6.45) is 5.05. The quantitative estimate of drug-likeness (QED) is 0.590. The van der Waals surface area contributed by atoms with Crippen LogP contribution in [-0.2, 0) is 6.54 Å². The summed E-state index contributed by atoms with van der Waals surface area (Å²) in [5.41, 5.74) is 1.82. The highest BCUT2D eigenvalue weighted by Crippen LogP contribution is 2.36. The average Bonchev–Trinajstić information content (AvgIpc) is 3.23. The molecule has 180 valence electrons. The predicted octanol–water partition coefficient (Wildman–Crippen LogP) is 1.66. The predicted molar refractivity (Wildman–Crippen MR) is 132 cm³/mol. The van der Waals surface area contributed by atoms with Crippen molar-refractivity contribution in [3.05, 3.63) is 50.9 Å². The lowest BCUT2D eigenvalue weighted by Crippen LogP contribution is -2.45. The van der Waals surface area contributed by atoms with E-state index in [0.29, 0.717) is 36.5 Å². The Hall–Kier alpha value is -2.59. The van der Waals surface area contributed by atoms with Crippen LogP contribution in [0.4, 0.5) is 11.6 Å². The van der Waals surface area contributed by atoms with Gasteiger partial charge in [0.1, 0.15) is 18.7 Å². The van der Waals surface area contributed by atoms with Gasteiger partial charge >= 0.3 is 0 Å². The first-order chi connectivity index (χ1) is 16.6. The van der Waals surface area contributed by atoms with Gasteiger partial charge in [0.25, 0.3) is 5.56 Å². The van der Waals surface area contributed by atoms with Crippen molar-refractivity contribution < 1.29 is 9.84 Å². The van der Waals surface area contributed by atoms with Crippen molar-refractivity contribution >= 4 is 29.3 Å². The number of nitrogens with one attached hydrogen (secondary N) is 2. The second-order valence-corrected chi connectivity index (χ2v) is 9.80. The number of pyridine rings is 2. The molecule has 0 radical (unpaired) electrons. The molecular weight excluding hydrogens is 456 g/mol. The summed E-state index contributed by atoms with van der Waals surface area (Å²) in [4.78, 5) is 21.7. The molecule has 2 aromatic rings. The first-order valence-electron chi connectivity index (χ1n) is 12.0. The molecule has 0 amide bonds. The van der Waals surface area contributed by atoms with E-state index in [1.807, 2.05) is 27.7 Å². The minimum absolute atomic E-state index is 0.000351. The maximum absolute atomic E-state index is 12.7. The lowest BCUT2D eigenvalue weighted by atomic mass is 10.0. The van der Waals surface area contributed by atoms with Gasteiger partial charge in [0.05, 0.1) is 23.3 Å². The summed E-state index contributed by atoms with van der Waals surface area (Å²) >= 11 is 6.43. The van der Waals surface area contributed by atoms with Crippen molar-refractivity contribution in [3.8, 4) is 5.75 Å². The van der Waals surface area contributed by atoms with Crippen molar-refractivity contribution in [1.82, 2.24) is 19.8 Å². The maximum atomic E-state index is 12.7. The van der Waals surface area contributed by atoms with Crippen LogP contribution in [-0.4, -0.2) is 71.2 Å². The molecule has 6 rings (SSSR count). The molecular formula is C24H29ClN6O3. The molecule has 0 aliphatic carbocycles. The van der Waals surface area contributed by atoms with Crippen LogP contribution >= 0.6 is 11.6 Å². The molecule has 1 fully saturated rings. The summed E-state index contributed by atoms with van der Waals surface area (Å²) in [6, 6.07) is 5.75. The van der Waals surface area contributed by atoms with Gasteiger partial charge in [0.15, 0.2) is 11.6 Å². The number of likely N-dealkylation sites (tertiary alicyclic amines) is 1. The molecule has 34 heavy (non-hydrogen) atoms. The first-order valence-corrected chi connectivity index (χ1v) is 12.3. The van der Waals surface area contributed by atoms with Gasteiger partial charge in [-0.1, -0.05) is 17.7 Å². The Morgan fingerprint density at radius 3 is 3.00 bits per heavy atom. The lowest BCUT2D eigenvalue weighted by molar-refractivity contribution is 0.172. The van der Waals surface area contributed by atoms with Crippen molar-refractivity contribution in [2.24, 2.45) is 0 Å².